The van der Waals surface area contributed by atoms with E-state index in [2.05, 4.69) is 26.0 Å². The van der Waals surface area contributed by atoms with Crippen molar-refractivity contribution in [3.05, 3.63) is 12.2 Å². The zero-order valence-electron chi connectivity index (χ0n) is 63.4. The van der Waals surface area contributed by atoms with Gasteiger partial charge in [0.05, 0.1) is 40.3 Å². The number of nitrogens with zero attached hydrogens (tertiary/aromatic N) is 1. The predicted octanol–water partition coefficient (Wildman–Crippen LogP) is 25.4. The van der Waals surface area contributed by atoms with Gasteiger partial charge in [0.15, 0.2) is 12.4 Å². The maximum Gasteiger partial charge on any atom is 0.306 e. The Bertz CT molecular complexity index is 1530. The summed E-state index contributed by atoms with van der Waals surface area (Å²) in [5, 5.41) is 11.9. The molecular weight excluding hydrogens is 1150 g/mol. The molecule has 0 spiro atoms. The number of esters is 2. The van der Waals surface area contributed by atoms with Crippen LogP contribution in [0, 0.1) is 0 Å². The zero-order valence-corrected chi connectivity index (χ0v) is 63.4. The Morgan fingerprint density at radius 2 is 0.548 bits per heavy atom. The summed E-state index contributed by atoms with van der Waals surface area (Å²) in [6, 6.07) is 0. The predicted molar refractivity (Wildman–Crippen MR) is 399 cm³/mol. The van der Waals surface area contributed by atoms with Crippen LogP contribution in [0.3, 0.4) is 0 Å². The first-order chi connectivity index (χ1) is 45.6. The van der Waals surface area contributed by atoms with Gasteiger partial charge in [-0.2, -0.15) is 0 Å². The van der Waals surface area contributed by atoms with Gasteiger partial charge in [-0.1, -0.05) is 411 Å². The van der Waals surface area contributed by atoms with Gasteiger partial charge in [-0.3, -0.25) is 9.59 Å². The van der Waals surface area contributed by atoms with Crippen molar-refractivity contribution in [1.82, 2.24) is 0 Å². The molecule has 2 atom stereocenters. The Balaban J connectivity index is 3.91. The van der Waals surface area contributed by atoms with Crippen LogP contribution in [0.4, 0.5) is 0 Å². The van der Waals surface area contributed by atoms with Crippen LogP contribution in [0.1, 0.15) is 450 Å². The first kappa shape index (κ1) is 91.0. The Hall–Kier alpha value is -1.97. The molecule has 0 radical (unpaired) electrons. The molecule has 0 aliphatic rings. The maximum atomic E-state index is 13.0. The maximum absolute atomic E-state index is 13.0. The van der Waals surface area contributed by atoms with Gasteiger partial charge in [0, 0.05) is 12.8 Å². The number of carbonyl (C=O) groups excluding carboxylic acids is 3. The van der Waals surface area contributed by atoms with Crippen LogP contribution in [0.25, 0.3) is 0 Å². The minimum Gasteiger partial charge on any atom is -0.545 e. The number of allylic oxidation sites excluding steroid dienone is 2. The first-order valence-electron chi connectivity index (χ1n) is 41.8. The lowest BCUT2D eigenvalue weighted by Gasteiger charge is -2.26. The van der Waals surface area contributed by atoms with Crippen LogP contribution in [0.2, 0.25) is 0 Å². The van der Waals surface area contributed by atoms with Gasteiger partial charge in [0.25, 0.3) is 0 Å². The molecule has 0 aromatic heterocycles. The van der Waals surface area contributed by atoms with Gasteiger partial charge in [0.1, 0.15) is 13.2 Å². The van der Waals surface area contributed by atoms with Crippen molar-refractivity contribution >= 4 is 17.9 Å². The molecule has 2 unspecified atom stereocenters. The molecule has 552 valence electrons. The molecule has 0 N–H and O–H groups in total. The van der Waals surface area contributed by atoms with Gasteiger partial charge >= 0.3 is 11.9 Å². The second-order valence-corrected chi connectivity index (χ2v) is 30.1. The van der Waals surface area contributed by atoms with Crippen LogP contribution in [0.5, 0.6) is 0 Å². The molecule has 0 amide bonds. The Morgan fingerprint density at radius 1 is 0.312 bits per heavy atom. The lowest BCUT2D eigenvalue weighted by Crippen LogP contribution is -2.44. The number of carbonyl (C=O) groups is 3. The molecule has 0 bridgehead atoms. The molecule has 0 aromatic rings. The molecule has 0 saturated carbocycles. The van der Waals surface area contributed by atoms with Crippen molar-refractivity contribution in [1.29, 1.82) is 0 Å². The summed E-state index contributed by atoms with van der Waals surface area (Å²) in [6.07, 6.45) is 92.2. The Labute approximate surface area is 580 Å². The van der Waals surface area contributed by atoms with E-state index in [9.17, 15) is 19.5 Å². The topological polar surface area (TPSA) is 111 Å². The lowest BCUT2D eigenvalue weighted by atomic mass is 10.0. The van der Waals surface area contributed by atoms with Crippen molar-refractivity contribution in [2.24, 2.45) is 0 Å². The molecule has 0 fully saturated rings. The largest absolute Gasteiger partial charge is 0.545 e. The molecular formula is C84H163NO8. The summed E-state index contributed by atoms with van der Waals surface area (Å²) in [5.41, 5.74) is 0. The number of unbranched alkanes of at least 4 members (excludes halogenated alkanes) is 63. The zero-order chi connectivity index (χ0) is 67.5. The highest BCUT2D eigenvalue weighted by atomic mass is 16.7. The van der Waals surface area contributed by atoms with Crippen molar-refractivity contribution < 1.29 is 42.9 Å². The van der Waals surface area contributed by atoms with Crippen LogP contribution in [0.15, 0.2) is 12.2 Å². The number of carboxylic acid groups (broad SMARTS) is 1. The summed E-state index contributed by atoms with van der Waals surface area (Å²) >= 11 is 0. The van der Waals surface area contributed by atoms with Gasteiger partial charge in [0.2, 0.25) is 0 Å². The van der Waals surface area contributed by atoms with Gasteiger partial charge < -0.3 is 33.3 Å². The summed E-state index contributed by atoms with van der Waals surface area (Å²) in [7, 11) is 5.96. The highest BCUT2D eigenvalue weighted by Crippen LogP contribution is 2.21. The standard InChI is InChI=1S/C84H163NO8/c1-6-8-10-12-14-16-18-20-22-24-26-28-30-32-34-36-37-38-39-40-41-42-43-44-45-47-49-51-53-55-57-59-61-63-65-67-69-71-73-75-82(87)93-80(79-92-84(83(88)89)90-77-76-85(3,4)5)78-91-81(86)74-72-70-68-66-64-62-60-58-56-54-52-50-48-46-35-33-31-29-27-25-23-21-19-17-15-13-11-9-7-2/h24,26,80,84H,6-23,25,27-79H2,1-5H3/b26-24-. The molecule has 9 nitrogen and oxygen atoms in total. The fourth-order valence-corrected chi connectivity index (χ4v) is 13.1. The van der Waals surface area contributed by atoms with Crippen molar-refractivity contribution in [2.75, 3.05) is 47.5 Å². The molecule has 0 rings (SSSR count). The molecule has 9 heteroatoms. The average molecular weight is 1320 g/mol. The minimum atomic E-state index is -1.62. The van der Waals surface area contributed by atoms with Gasteiger partial charge in [-0.15, -0.1) is 0 Å². The summed E-state index contributed by atoms with van der Waals surface area (Å²) < 4.78 is 22.9. The monoisotopic (exact) mass is 1310 g/mol. The third-order valence-corrected chi connectivity index (χ3v) is 19.5. The SMILES string of the molecule is CCCCCCCCCC/C=C\CCCCCCCCCCCCCCCCCCCCCCCCCCCCCC(=O)OC(COC(=O)CCCCCCCCCCCCCCCCCCCCCCCCCCCCCCC)COC(OCC[N+](C)(C)C)C(=O)[O-]. The van der Waals surface area contributed by atoms with E-state index in [-0.39, 0.29) is 32.2 Å². The van der Waals surface area contributed by atoms with E-state index in [0.29, 0.717) is 17.4 Å². The second kappa shape index (κ2) is 75.8. The number of carboxylic acids is 1. The quantitative estimate of drug-likeness (QED) is 0.0195. The van der Waals surface area contributed by atoms with Crippen LogP contribution in [-0.2, 0) is 33.3 Å². The molecule has 0 aliphatic carbocycles. The number of aliphatic carboxylic acids is 1. The molecule has 0 aliphatic heterocycles. The fraction of sp³-hybridized carbons (Fsp3) is 0.940. The van der Waals surface area contributed by atoms with Crippen molar-refractivity contribution in [3.63, 3.8) is 0 Å². The number of quaternary nitrogens is 1. The number of likely N-dealkylation sites (N-methyl/N-ethyl adjacent to an activating group) is 1. The lowest BCUT2D eigenvalue weighted by molar-refractivity contribution is -0.870. The number of rotatable bonds is 80. The molecule has 93 heavy (non-hydrogen) atoms. The van der Waals surface area contributed by atoms with E-state index in [0.717, 1.165) is 38.5 Å². The Kier molecular flexibility index (Phi) is 74.2. The van der Waals surface area contributed by atoms with Crippen LogP contribution < -0.4 is 5.11 Å². The van der Waals surface area contributed by atoms with Crippen LogP contribution >= 0.6 is 0 Å². The van der Waals surface area contributed by atoms with E-state index < -0.39 is 24.3 Å². The van der Waals surface area contributed by atoms with E-state index in [1.165, 1.54) is 385 Å². The molecule has 0 saturated heterocycles. The minimum absolute atomic E-state index is 0.153. The second-order valence-electron chi connectivity index (χ2n) is 30.1. The normalized spacial score (nSPS) is 12.6. The number of ether oxygens (including phenoxy) is 4. The van der Waals surface area contributed by atoms with Crippen molar-refractivity contribution in [2.45, 2.75) is 463 Å². The van der Waals surface area contributed by atoms with E-state index in [4.69, 9.17) is 18.9 Å². The molecule has 0 heterocycles. The highest BCUT2D eigenvalue weighted by molar-refractivity contribution is 5.70. The number of hydrogen-bond donors (Lipinski definition) is 0. The number of hydrogen-bond acceptors (Lipinski definition) is 8. The van der Waals surface area contributed by atoms with Crippen molar-refractivity contribution in [3.8, 4) is 0 Å². The van der Waals surface area contributed by atoms with Crippen LogP contribution in [-0.4, -0.2) is 82.3 Å². The summed E-state index contributed by atoms with van der Waals surface area (Å²) in [6.45, 7) is 4.85. The smallest absolute Gasteiger partial charge is 0.306 e. The third-order valence-electron chi connectivity index (χ3n) is 19.5. The molecule has 0 aromatic carbocycles. The first-order valence-corrected chi connectivity index (χ1v) is 41.8. The average Bonchev–Trinajstić information content (AvgIpc) is 3.38. The van der Waals surface area contributed by atoms with E-state index in [1.54, 1.807) is 0 Å². The van der Waals surface area contributed by atoms with E-state index >= 15 is 0 Å². The summed E-state index contributed by atoms with van der Waals surface area (Å²) in [4.78, 5) is 37.6. The highest BCUT2D eigenvalue weighted by Gasteiger charge is 2.22. The van der Waals surface area contributed by atoms with E-state index in [1.807, 2.05) is 21.1 Å². The Morgan fingerprint density at radius 3 is 0.796 bits per heavy atom. The fourth-order valence-electron chi connectivity index (χ4n) is 13.1. The van der Waals surface area contributed by atoms with Gasteiger partial charge in [-0.25, -0.2) is 0 Å². The van der Waals surface area contributed by atoms with Gasteiger partial charge in [-0.05, 0) is 38.5 Å². The summed E-state index contributed by atoms with van der Waals surface area (Å²) in [5.74, 6) is -2.24. The third kappa shape index (κ3) is 77.3.